The Hall–Kier alpha value is -1.65. The van der Waals surface area contributed by atoms with Crippen LogP contribution in [-0.4, -0.2) is 23.9 Å². The molecule has 0 saturated carbocycles. The van der Waals surface area contributed by atoms with E-state index in [1.165, 1.54) is 5.56 Å². The van der Waals surface area contributed by atoms with Gasteiger partial charge in [-0.3, -0.25) is 4.79 Å². The minimum atomic E-state index is -0.241. The number of nitrogens with two attached hydrogens (primary N) is 1. The number of hydrogen-bond donors (Lipinski definition) is 1. The fraction of sp³-hybridized carbons (Fsp3) is 0.353. The van der Waals surface area contributed by atoms with Gasteiger partial charge in [0, 0.05) is 25.6 Å². The Morgan fingerprint density at radius 3 is 2.62 bits per heavy atom. The van der Waals surface area contributed by atoms with Crippen molar-refractivity contribution in [1.29, 1.82) is 0 Å². The van der Waals surface area contributed by atoms with Crippen molar-refractivity contribution in [3.63, 3.8) is 0 Å². The summed E-state index contributed by atoms with van der Waals surface area (Å²) in [5.41, 5.74) is 8.41. The monoisotopic (exact) mass is 302 g/mol. The summed E-state index contributed by atoms with van der Waals surface area (Å²) >= 11 is 1.69. The molecule has 2 rings (SSSR count). The zero-order chi connectivity index (χ0) is 15.2. The van der Waals surface area contributed by atoms with Gasteiger partial charge in [0.15, 0.2) is 0 Å². The second-order valence-electron chi connectivity index (χ2n) is 5.41. The van der Waals surface area contributed by atoms with Gasteiger partial charge in [0.1, 0.15) is 0 Å². The summed E-state index contributed by atoms with van der Waals surface area (Å²) in [5, 5.41) is 4.19. The number of benzene rings is 1. The van der Waals surface area contributed by atoms with E-state index in [9.17, 15) is 4.79 Å². The Morgan fingerprint density at radius 1 is 1.29 bits per heavy atom. The number of likely N-dealkylation sites (N-methyl/N-ethyl adjacent to an activating group) is 1. The molecule has 1 amide bonds. The number of carbonyl (C=O) groups excluding carboxylic acids is 1. The molecule has 21 heavy (non-hydrogen) atoms. The molecule has 0 bridgehead atoms. The van der Waals surface area contributed by atoms with Crippen LogP contribution in [-0.2, 0) is 11.2 Å². The first-order chi connectivity index (χ1) is 10.1. The van der Waals surface area contributed by atoms with Gasteiger partial charge < -0.3 is 10.6 Å². The van der Waals surface area contributed by atoms with E-state index in [2.05, 4.69) is 23.8 Å². The minimum absolute atomic E-state index is 0.0917. The van der Waals surface area contributed by atoms with Crippen molar-refractivity contribution in [3.8, 4) is 0 Å². The van der Waals surface area contributed by atoms with Crippen LogP contribution in [0.5, 0.6) is 0 Å². The summed E-state index contributed by atoms with van der Waals surface area (Å²) in [7, 11) is 1.86. The number of hydrogen-bond acceptors (Lipinski definition) is 3. The van der Waals surface area contributed by atoms with Crippen LogP contribution in [0.15, 0.2) is 47.2 Å². The molecule has 2 unspecified atom stereocenters. The highest BCUT2D eigenvalue weighted by Crippen LogP contribution is 2.17. The van der Waals surface area contributed by atoms with Crippen molar-refractivity contribution in [2.24, 2.45) is 5.73 Å². The summed E-state index contributed by atoms with van der Waals surface area (Å²) in [6.45, 7) is 2.07. The van der Waals surface area contributed by atoms with E-state index in [0.717, 1.165) is 12.0 Å². The molecule has 2 atom stereocenters. The van der Waals surface area contributed by atoms with Crippen molar-refractivity contribution in [2.75, 3.05) is 7.05 Å². The van der Waals surface area contributed by atoms with Gasteiger partial charge in [-0.2, -0.15) is 11.3 Å². The van der Waals surface area contributed by atoms with Crippen LogP contribution in [0.1, 0.15) is 30.5 Å². The lowest BCUT2D eigenvalue weighted by Gasteiger charge is -2.26. The van der Waals surface area contributed by atoms with Crippen LogP contribution >= 0.6 is 11.3 Å². The lowest BCUT2D eigenvalue weighted by Crippen LogP contribution is -2.37. The Labute approximate surface area is 130 Å². The Balaban J connectivity index is 1.90. The predicted molar refractivity (Wildman–Crippen MR) is 88.2 cm³/mol. The summed E-state index contributed by atoms with van der Waals surface area (Å²) in [6, 6.07) is 11.8. The zero-order valence-electron chi connectivity index (χ0n) is 12.5. The lowest BCUT2D eigenvalue weighted by molar-refractivity contribution is -0.132. The number of rotatable bonds is 6. The first-order valence-corrected chi connectivity index (χ1v) is 8.09. The van der Waals surface area contributed by atoms with Gasteiger partial charge in [-0.05, 0) is 41.3 Å². The summed E-state index contributed by atoms with van der Waals surface area (Å²) < 4.78 is 0. The molecular weight excluding hydrogens is 280 g/mol. The second kappa shape index (κ2) is 7.38. The number of carbonyl (C=O) groups is 1. The van der Waals surface area contributed by atoms with Gasteiger partial charge in [-0.15, -0.1) is 0 Å². The fourth-order valence-corrected chi connectivity index (χ4v) is 2.96. The van der Waals surface area contributed by atoms with E-state index in [4.69, 9.17) is 5.73 Å². The van der Waals surface area contributed by atoms with Crippen LogP contribution in [0, 0.1) is 0 Å². The molecule has 3 nitrogen and oxygen atoms in total. The van der Waals surface area contributed by atoms with Crippen LogP contribution < -0.4 is 5.73 Å². The number of thiophene rings is 1. The van der Waals surface area contributed by atoms with E-state index in [-0.39, 0.29) is 18.0 Å². The topological polar surface area (TPSA) is 46.3 Å². The molecule has 0 aliphatic heterocycles. The molecule has 4 heteroatoms. The molecule has 0 fully saturated rings. The van der Waals surface area contributed by atoms with Gasteiger partial charge in [0.25, 0.3) is 0 Å². The van der Waals surface area contributed by atoms with Crippen molar-refractivity contribution >= 4 is 17.2 Å². The van der Waals surface area contributed by atoms with E-state index >= 15 is 0 Å². The highest BCUT2D eigenvalue weighted by molar-refractivity contribution is 7.07. The Kier molecular flexibility index (Phi) is 5.53. The molecule has 0 radical (unpaired) electrons. The molecule has 0 saturated heterocycles. The number of amides is 1. The van der Waals surface area contributed by atoms with E-state index < -0.39 is 0 Å². The van der Waals surface area contributed by atoms with Crippen LogP contribution in [0.4, 0.5) is 0 Å². The summed E-state index contributed by atoms with van der Waals surface area (Å²) in [6.07, 6.45) is 1.22. The third kappa shape index (κ3) is 4.41. The average molecular weight is 302 g/mol. The largest absolute Gasteiger partial charge is 0.343 e. The third-order valence-corrected chi connectivity index (χ3v) is 4.52. The Morgan fingerprint density at radius 2 is 2.00 bits per heavy atom. The normalized spacial score (nSPS) is 13.7. The standard InChI is InChI=1S/C17H22N2OS/c1-13(10-14-8-9-21-12-14)19(2)17(20)11-16(18)15-6-4-3-5-7-15/h3-9,12-13,16H,10-11,18H2,1-2H3. The third-order valence-electron chi connectivity index (χ3n) is 3.79. The highest BCUT2D eigenvalue weighted by Gasteiger charge is 2.19. The van der Waals surface area contributed by atoms with Crippen LogP contribution in [0.2, 0.25) is 0 Å². The SMILES string of the molecule is CC(Cc1ccsc1)N(C)C(=O)CC(N)c1ccccc1. The van der Waals surface area contributed by atoms with Crippen molar-refractivity contribution in [2.45, 2.75) is 31.8 Å². The predicted octanol–water partition coefficient (Wildman–Crippen LogP) is 3.23. The van der Waals surface area contributed by atoms with E-state index in [1.807, 2.05) is 37.4 Å². The maximum absolute atomic E-state index is 12.3. The van der Waals surface area contributed by atoms with Crippen molar-refractivity contribution in [1.82, 2.24) is 4.90 Å². The van der Waals surface area contributed by atoms with Gasteiger partial charge >= 0.3 is 0 Å². The molecule has 0 spiro atoms. The molecule has 0 aliphatic carbocycles. The minimum Gasteiger partial charge on any atom is -0.343 e. The molecule has 1 aromatic heterocycles. The van der Waals surface area contributed by atoms with Crippen molar-refractivity contribution < 1.29 is 4.79 Å². The highest BCUT2D eigenvalue weighted by atomic mass is 32.1. The van der Waals surface area contributed by atoms with Gasteiger partial charge in [-0.25, -0.2) is 0 Å². The lowest BCUT2D eigenvalue weighted by atomic mass is 10.0. The molecule has 2 aromatic rings. The van der Waals surface area contributed by atoms with E-state index in [0.29, 0.717) is 6.42 Å². The maximum atomic E-state index is 12.3. The first-order valence-electron chi connectivity index (χ1n) is 7.15. The molecular formula is C17H22N2OS. The van der Waals surface area contributed by atoms with Gasteiger partial charge in [-0.1, -0.05) is 30.3 Å². The van der Waals surface area contributed by atoms with Gasteiger partial charge in [0.05, 0.1) is 0 Å². The Bertz CT molecular complexity index is 553. The van der Waals surface area contributed by atoms with E-state index in [1.54, 1.807) is 16.2 Å². The molecule has 0 aliphatic rings. The number of nitrogens with zero attached hydrogens (tertiary/aromatic N) is 1. The second-order valence-corrected chi connectivity index (χ2v) is 6.19. The average Bonchev–Trinajstić information content (AvgIpc) is 3.00. The zero-order valence-corrected chi connectivity index (χ0v) is 13.3. The van der Waals surface area contributed by atoms with Gasteiger partial charge in [0.2, 0.25) is 5.91 Å². The van der Waals surface area contributed by atoms with Crippen LogP contribution in [0.25, 0.3) is 0 Å². The maximum Gasteiger partial charge on any atom is 0.224 e. The summed E-state index contributed by atoms with van der Waals surface area (Å²) in [4.78, 5) is 14.2. The molecule has 1 heterocycles. The quantitative estimate of drug-likeness (QED) is 0.890. The smallest absolute Gasteiger partial charge is 0.224 e. The molecule has 1 aromatic carbocycles. The first kappa shape index (κ1) is 15.7. The molecule has 2 N–H and O–H groups in total. The van der Waals surface area contributed by atoms with Crippen LogP contribution in [0.3, 0.4) is 0 Å². The molecule has 112 valence electrons. The fourth-order valence-electron chi connectivity index (χ4n) is 2.28. The summed E-state index contributed by atoms with van der Waals surface area (Å²) in [5.74, 6) is 0.0917. The van der Waals surface area contributed by atoms with Crippen molar-refractivity contribution in [3.05, 3.63) is 58.3 Å².